The predicted octanol–water partition coefficient (Wildman–Crippen LogP) is 1.31. The zero-order chi connectivity index (χ0) is 20.0. The topological polar surface area (TPSA) is 105 Å². The zero-order valence-electron chi connectivity index (χ0n) is 16.2. The minimum absolute atomic E-state index is 0.0671. The molecular weight excluding hydrogens is 352 g/mol. The lowest BCUT2D eigenvalue weighted by Gasteiger charge is -2.31. The van der Waals surface area contributed by atoms with Crippen molar-refractivity contribution >= 4 is 5.97 Å². The fourth-order valence-electron chi connectivity index (χ4n) is 3.77. The molecule has 7 heteroatoms. The number of fused-ring (bicyclic) bond motifs is 1. The summed E-state index contributed by atoms with van der Waals surface area (Å²) in [6.45, 7) is 3.71. The third kappa shape index (κ3) is 6.40. The summed E-state index contributed by atoms with van der Waals surface area (Å²) in [5.74, 6) is -0.689. The zero-order valence-corrected chi connectivity index (χ0v) is 16.2. The normalized spacial score (nSPS) is 44.3. The van der Waals surface area contributed by atoms with Crippen molar-refractivity contribution in [3.05, 3.63) is 24.3 Å². The number of aliphatic hydroxyl groups excluding tert-OH is 3. The van der Waals surface area contributed by atoms with E-state index in [4.69, 9.17) is 14.2 Å². The van der Waals surface area contributed by atoms with Crippen LogP contribution in [-0.4, -0.2) is 65.2 Å². The Morgan fingerprint density at radius 3 is 2.59 bits per heavy atom. The maximum atomic E-state index is 12.1. The van der Waals surface area contributed by atoms with Gasteiger partial charge in [0.05, 0.1) is 24.7 Å². The lowest BCUT2D eigenvalue weighted by atomic mass is 9.84. The van der Waals surface area contributed by atoms with Crippen molar-refractivity contribution in [3.63, 3.8) is 0 Å². The van der Waals surface area contributed by atoms with E-state index in [9.17, 15) is 20.1 Å². The average Bonchev–Trinajstić information content (AvgIpc) is 2.94. The molecule has 0 aromatic carbocycles. The number of carbonyl (C=O) groups excluding carboxylic acids is 1. The summed E-state index contributed by atoms with van der Waals surface area (Å²) in [5.41, 5.74) is 0. The number of methoxy groups -OCH3 is 1. The van der Waals surface area contributed by atoms with E-state index in [0.717, 1.165) is 0 Å². The molecule has 0 aromatic rings. The second kappa shape index (κ2) is 10.3. The number of hydrogen-bond acceptors (Lipinski definition) is 7. The van der Waals surface area contributed by atoms with E-state index < -0.39 is 36.7 Å². The van der Waals surface area contributed by atoms with Crippen LogP contribution in [0, 0.1) is 11.8 Å². The van der Waals surface area contributed by atoms with Crippen LogP contribution >= 0.6 is 0 Å². The number of carbonyl (C=O) groups is 1. The maximum Gasteiger partial charge on any atom is 0.308 e. The quantitative estimate of drug-likeness (QED) is 0.585. The summed E-state index contributed by atoms with van der Waals surface area (Å²) < 4.78 is 16.3. The van der Waals surface area contributed by atoms with Gasteiger partial charge < -0.3 is 29.5 Å². The minimum Gasteiger partial charge on any atom is -0.462 e. The second-order valence-electron chi connectivity index (χ2n) is 7.58. The Bertz CT molecular complexity index is 532. The third-order valence-electron chi connectivity index (χ3n) is 5.25. The van der Waals surface area contributed by atoms with Gasteiger partial charge in [0.2, 0.25) is 0 Å². The highest BCUT2D eigenvalue weighted by atomic mass is 16.6. The van der Waals surface area contributed by atoms with Gasteiger partial charge in [0.1, 0.15) is 12.2 Å². The number of ether oxygens (including phenoxy) is 3. The molecule has 0 aliphatic carbocycles. The third-order valence-corrected chi connectivity index (χ3v) is 5.25. The number of allylic oxidation sites excluding steroid dienone is 2. The molecule has 2 aliphatic rings. The fraction of sp³-hybridized carbons (Fsp3) is 0.750. The molecule has 0 amide bonds. The van der Waals surface area contributed by atoms with Crippen molar-refractivity contribution < 1.29 is 34.3 Å². The van der Waals surface area contributed by atoms with E-state index in [0.29, 0.717) is 19.3 Å². The summed E-state index contributed by atoms with van der Waals surface area (Å²) >= 11 is 0. The smallest absolute Gasteiger partial charge is 0.308 e. The summed E-state index contributed by atoms with van der Waals surface area (Å²) in [6, 6.07) is 0. The molecule has 1 saturated heterocycles. The van der Waals surface area contributed by atoms with Crippen LogP contribution in [0.5, 0.6) is 0 Å². The Balaban J connectivity index is 2.22. The van der Waals surface area contributed by atoms with E-state index in [-0.39, 0.29) is 24.4 Å². The van der Waals surface area contributed by atoms with Crippen molar-refractivity contribution in [1.29, 1.82) is 0 Å². The van der Waals surface area contributed by atoms with Crippen LogP contribution in [0.4, 0.5) is 0 Å². The van der Waals surface area contributed by atoms with Crippen molar-refractivity contribution in [1.82, 2.24) is 0 Å². The SMILES string of the molecule is COC1[C@H](O)CC(=O)O[C@H](C)C/C=C/C=C/[C@H](O)[C@H](C)C[C@@H]2CC(O)O[C@@H]12. The largest absolute Gasteiger partial charge is 0.462 e. The number of rotatable bonds is 1. The van der Waals surface area contributed by atoms with Crippen LogP contribution in [0.15, 0.2) is 24.3 Å². The van der Waals surface area contributed by atoms with Crippen LogP contribution in [0.25, 0.3) is 0 Å². The molecule has 1 fully saturated rings. The van der Waals surface area contributed by atoms with Gasteiger partial charge in [0.25, 0.3) is 0 Å². The van der Waals surface area contributed by atoms with E-state index >= 15 is 0 Å². The Hall–Kier alpha value is -1.25. The van der Waals surface area contributed by atoms with Crippen molar-refractivity contribution in [2.45, 2.75) is 76.3 Å². The Labute approximate surface area is 160 Å². The van der Waals surface area contributed by atoms with Crippen molar-refractivity contribution in [2.75, 3.05) is 7.11 Å². The summed E-state index contributed by atoms with van der Waals surface area (Å²) in [4.78, 5) is 12.1. The highest BCUT2D eigenvalue weighted by Gasteiger charge is 2.43. The standard InChI is InChI=1S/C20H32O7/c1-12-9-14-10-17(23)27-19(14)20(25-3)16(22)11-18(24)26-13(2)7-5-4-6-8-15(12)21/h4-6,8,12-17,19-23H,7,9-11H2,1-3H3/b5-4+,8-6+/t12-,13-,14-,15+,16-,17?,19-,20?/m1/s1. The summed E-state index contributed by atoms with van der Waals surface area (Å²) in [6.07, 6.45) is 4.08. The molecule has 7 nitrogen and oxygen atoms in total. The van der Waals surface area contributed by atoms with E-state index in [1.165, 1.54) is 7.11 Å². The fourth-order valence-corrected chi connectivity index (χ4v) is 3.77. The molecular formula is C20H32O7. The van der Waals surface area contributed by atoms with Gasteiger partial charge >= 0.3 is 5.97 Å². The van der Waals surface area contributed by atoms with Crippen LogP contribution in [0.1, 0.15) is 39.5 Å². The Morgan fingerprint density at radius 2 is 1.89 bits per heavy atom. The van der Waals surface area contributed by atoms with Gasteiger partial charge in [0.15, 0.2) is 6.29 Å². The molecule has 2 aliphatic heterocycles. The number of hydrogen-bond donors (Lipinski definition) is 3. The first-order chi connectivity index (χ1) is 12.8. The minimum atomic E-state index is -1.11. The van der Waals surface area contributed by atoms with Crippen LogP contribution < -0.4 is 0 Å². The molecule has 2 rings (SSSR count). The van der Waals surface area contributed by atoms with Crippen LogP contribution in [-0.2, 0) is 19.0 Å². The highest BCUT2D eigenvalue weighted by molar-refractivity contribution is 5.70. The van der Waals surface area contributed by atoms with E-state index in [1.54, 1.807) is 19.1 Å². The predicted molar refractivity (Wildman–Crippen MR) is 98.6 cm³/mol. The first kappa shape index (κ1) is 22.0. The summed E-state index contributed by atoms with van der Waals surface area (Å²) in [5, 5.41) is 30.8. The van der Waals surface area contributed by atoms with E-state index in [2.05, 4.69) is 0 Å². The molecule has 0 radical (unpaired) electrons. The Kier molecular flexibility index (Phi) is 8.44. The highest BCUT2D eigenvalue weighted by Crippen LogP contribution is 2.35. The van der Waals surface area contributed by atoms with Gasteiger partial charge in [-0.05, 0) is 25.2 Å². The first-order valence-electron chi connectivity index (χ1n) is 9.57. The lowest BCUT2D eigenvalue weighted by molar-refractivity contribution is -0.167. The monoisotopic (exact) mass is 384 g/mol. The molecule has 2 unspecified atom stereocenters. The molecule has 0 aromatic heterocycles. The molecule has 8 atom stereocenters. The molecule has 27 heavy (non-hydrogen) atoms. The number of aliphatic hydroxyl groups is 3. The average molecular weight is 384 g/mol. The van der Waals surface area contributed by atoms with Gasteiger partial charge in [-0.2, -0.15) is 0 Å². The Morgan fingerprint density at radius 1 is 1.15 bits per heavy atom. The van der Waals surface area contributed by atoms with Crippen LogP contribution in [0.2, 0.25) is 0 Å². The molecule has 154 valence electrons. The summed E-state index contributed by atoms with van der Waals surface area (Å²) in [7, 11) is 1.44. The van der Waals surface area contributed by atoms with Gasteiger partial charge in [-0.1, -0.05) is 31.2 Å². The second-order valence-corrected chi connectivity index (χ2v) is 7.58. The van der Waals surface area contributed by atoms with Gasteiger partial charge in [-0.3, -0.25) is 4.79 Å². The molecule has 2 heterocycles. The molecule has 0 spiro atoms. The molecule has 3 N–H and O–H groups in total. The lowest BCUT2D eigenvalue weighted by Crippen LogP contribution is -2.44. The maximum absolute atomic E-state index is 12.1. The molecule has 0 saturated carbocycles. The van der Waals surface area contributed by atoms with Gasteiger partial charge in [-0.15, -0.1) is 0 Å². The van der Waals surface area contributed by atoms with E-state index in [1.807, 2.05) is 19.1 Å². The van der Waals surface area contributed by atoms with Crippen molar-refractivity contribution in [3.8, 4) is 0 Å². The first-order valence-corrected chi connectivity index (χ1v) is 9.57. The van der Waals surface area contributed by atoms with Crippen LogP contribution in [0.3, 0.4) is 0 Å². The van der Waals surface area contributed by atoms with Gasteiger partial charge in [-0.25, -0.2) is 0 Å². The molecule has 0 bridgehead atoms. The van der Waals surface area contributed by atoms with Gasteiger partial charge in [0, 0.05) is 20.0 Å². The number of esters is 1. The number of cyclic esters (lactones) is 1. The van der Waals surface area contributed by atoms with Crippen molar-refractivity contribution in [2.24, 2.45) is 11.8 Å².